The molecule has 0 saturated heterocycles. The Balaban J connectivity index is 2.05. The van der Waals surface area contributed by atoms with Crippen molar-refractivity contribution in [2.24, 2.45) is 5.41 Å². The summed E-state index contributed by atoms with van der Waals surface area (Å²) >= 11 is 0. The second-order valence-corrected chi connectivity index (χ2v) is 5.87. The highest BCUT2D eigenvalue weighted by atomic mass is 16.4. The first kappa shape index (κ1) is 11.6. The van der Waals surface area contributed by atoms with Crippen LogP contribution in [-0.2, 0) is 4.79 Å². The second kappa shape index (κ2) is 3.66. The normalized spacial score (nSPS) is 29.6. The van der Waals surface area contributed by atoms with Crippen LogP contribution in [0.5, 0.6) is 0 Å². The lowest BCUT2D eigenvalue weighted by atomic mass is 9.55. The molecule has 2 bridgehead atoms. The van der Waals surface area contributed by atoms with Crippen molar-refractivity contribution in [3.05, 3.63) is 59.2 Å². The van der Waals surface area contributed by atoms with Gasteiger partial charge in [0.05, 0.1) is 16.8 Å². The summed E-state index contributed by atoms with van der Waals surface area (Å²) in [6, 6.07) is 8.10. The molecular formula is C16H14N2O2. The minimum atomic E-state index is -0.804. The largest absolute Gasteiger partial charge is 0.481 e. The zero-order valence-corrected chi connectivity index (χ0v) is 11.1. The van der Waals surface area contributed by atoms with E-state index >= 15 is 0 Å². The van der Waals surface area contributed by atoms with E-state index in [0.717, 1.165) is 17.0 Å². The van der Waals surface area contributed by atoms with Gasteiger partial charge in [0.25, 0.3) is 0 Å². The van der Waals surface area contributed by atoms with Gasteiger partial charge in [-0.05, 0) is 24.5 Å². The van der Waals surface area contributed by atoms with E-state index in [4.69, 9.17) is 0 Å². The minimum Gasteiger partial charge on any atom is -0.481 e. The number of hydrogen-bond donors (Lipinski definition) is 1. The fraction of sp³-hybridized carbons (Fsp3) is 0.312. The van der Waals surface area contributed by atoms with Gasteiger partial charge in [-0.3, -0.25) is 14.8 Å². The molecule has 0 fully saturated rings. The number of rotatable bonds is 1. The predicted octanol–water partition coefficient (Wildman–Crippen LogP) is 2.55. The number of carboxylic acid groups (broad SMARTS) is 1. The first-order chi connectivity index (χ1) is 9.63. The Bertz CT molecular complexity index is 680. The Labute approximate surface area is 116 Å². The van der Waals surface area contributed by atoms with Crippen molar-refractivity contribution in [1.82, 2.24) is 9.97 Å². The zero-order valence-electron chi connectivity index (χ0n) is 11.1. The van der Waals surface area contributed by atoms with E-state index in [-0.39, 0.29) is 11.8 Å². The smallest absolute Gasteiger partial charge is 0.310 e. The maximum Gasteiger partial charge on any atom is 0.310 e. The lowest BCUT2D eigenvalue weighted by Crippen LogP contribution is -2.45. The molecule has 2 aromatic rings. The standard InChI is InChI=1S/C16H14N2O2/c1-16(15(19)20)8-11-9-4-2-3-5-10(9)12(16)14-13(11)17-6-7-18-14/h2-7,11-12H,8H2,1H3,(H,19,20). The summed E-state index contributed by atoms with van der Waals surface area (Å²) in [6.45, 7) is 1.83. The summed E-state index contributed by atoms with van der Waals surface area (Å²) in [5.74, 6) is -0.913. The number of aliphatic carboxylic acids is 1. The number of carboxylic acids is 1. The molecule has 20 heavy (non-hydrogen) atoms. The fourth-order valence-corrected chi connectivity index (χ4v) is 3.84. The van der Waals surface area contributed by atoms with Gasteiger partial charge in [-0.15, -0.1) is 0 Å². The van der Waals surface area contributed by atoms with Crippen LogP contribution in [0.25, 0.3) is 0 Å². The number of carbonyl (C=O) groups is 1. The van der Waals surface area contributed by atoms with Crippen molar-refractivity contribution in [1.29, 1.82) is 0 Å². The highest BCUT2D eigenvalue weighted by Crippen LogP contribution is 2.59. The summed E-state index contributed by atoms with van der Waals surface area (Å²) in [7, 11) is 0. The highest BCUT2D eigenvalue weighted by Gasteiger charge is 2.55. The zero-order chi connectivity index (χ0) is 13.9. The van der Waals surface area contributed by atoms with Crippen LogP contribution in [0.3, 0.4) is 0 Å². The molecular weight excluding hydrogens is 252 g/mol. The molecule has 1 heterocycles. The molecule has 3 aliphatic carbocycles. The van der Waals surface area contributed by atoms with Gasteiger partial charge >= 0.3 is 5.97 Å². The van der Waals surface area contributed by atoms with Crippen LogP contribution >= 0.6 is 0 Å². The Morgan fingerprint density at radius 2 is 1.85 bits per heavy atom. The Kier molecular flexibility index (Phi) is 2.12. The summed E-state index contributed by atoms with van der Waals surface area (Å²) in [5.41, 5.74) is 3.30. The van der Waals surface area contributed by atoms with Gasteiger partial charge in [0.2, 0.25) is 0 Å². The van der Waals surface area contributed by atoms with Crippen molar-refractivity contribution in [2.45, 2.75) is 25.2 Å². The molecule has 0 saturated carbocycles. The van der Waals surface area contributed by atoms with Crippen LogP contribution in [0, 0.1) is 5.41 Å². The Morgan fingerprint density at radius 1 is 1.20 bits per heavy atom. The predicted molar refractivity (Wildman–Crippen MR) is 72.5 cm³/mol. The first-order valence-electron chi connectivity index (χ1n) is 6.76. The van der Waals surface area contributed by atoms with Crippen molar-refractivity contribution >= 4 is 5.97 Å². The number of fused-ring (bicyclic) bond motifs is 1. The van der Waals surface area contributed by atoms with Crippen LogP contribution in [0.1, 0.15) is 47.7 Å². The van der Waals surface area contributed by atoms with E-state index in [1.807, 2.05) is 25.1 Å². The van der Waals surface area contributed by atoms with Gasteiger partial charge in [0, 0.05) is 24.2 Å². The Hall–Kier alpha value is -2.23. The maximum atomic E-state index is 11.8. The van der Waals surface area contributed by atoms with Gasteiger partial charge in [-0.25, -0.2) is 0 Å². The molecule has 3 atom stereocenters. The molecule has 3 unspecified atom stereocenters. The molecule has 0 radical (unpaired) electrons. The third-order valence-electron chi connectivity index (χ3n) is 4.80. The SMILES string of the molecule is CC1(C(=O)O)CC2c3ccccc3C1c1nccnc12. The van der Waals surface area contributed by atoms with E-state index in [1.54, 1.807) is 12.4 Å². The van der Waals surface area contributed by atoms with Crippen LogP contribution < -0.4 is 0 Å². The summed E-state index contributed by atoms with van der Waals surface area (Å²) in [6.07, 6.45) is 3.94. The van der Waals surface area contributed by atoms with Gasteiger partial charge < -0.3 is 5.11 Å². The molecule has 0 spiro atoms. The van der Waals surface area contributed by atoms with Gasteiger partial charge in [-0.1, -0.05) is 24.3 Å². The van der Waals surface area contributed by atoms with E-state index in [9.17, 15) is 9.90 Å². The summed E-state index contributed by atoms with van der Waals surface area (Å²) in [5, 5.41) is 9.72. The van der Waals surface area contributed by atoms with E-state index in [0.29, 0.717) is 6.42 Å². The molecule has 1 aromatic carbocycles. The van der Waals surface area contributed by atoms with Crippen LogP contribution in [0.4, 0.5) is 0 Å². The molecule has 4 heteroatoms. The Morgan fingerprint density at radius 3 is 2.55 bits per heavy atom. The van der Waals surface area contributed by atoms with Crippen LogP contribution in [0.2, 0.25) is 0 Å². The lowest BCUT2D eigenvalue weighted by molar-refractivity contribution is -0.150. The maximum absolute atomic E-state index is 11.8. The van der Waals surface area contributed by atoms with Crippen molar-refractivity contribution in [3.8, 4) is 0 Å². The van der Waals surface area contributed by atoms with Crippen molar-refractivity contribution in [2.75, 3.05) is 0 Å². The summed E-state index contributed by atoms with van der Waals surface area (Å²) in [4.78, 5) is 20.8. The fourth-order valence-electron chi connectivity index (χ4n) is 3.84. The van der Waals surface area contributed by atoms with E-state index in [1.165, 1.54) is 5.56 Å². The lowest BCUT2D eigenvalue weighted by Gasteiger charge is -2.47. The monoisotopic (exact) mass is 266 g/mol. The molecule has 0 aliphatic heterocycles. The molecule has 4 nitrogen and oxygen atoms in total. The number of benzene rings is 1. The molecule has 3 aliphatic rings. The van der Waals surface area contributed by atoms with Crippen molar-refractivity contribution < 1.29 is 9.90 Å². The van der Waals surface area contributed by atoms with Crippen molar-refractivity contribution in [3.63, 3.8) is 0 Å². The summed E-state index contributed by atoms with van der Waals surface area (Å²) < 4.78 is 0. The number of nitrogens with zero attached hydrogens (tertiary/aromatic N) is 2. The van der Waals surface area contributed by atoms with Gasteiger partial charge in [0.15, 0.2) is 0 Å². The number of hydrogen-bond acceptors (Lipinski definition) is 3. The van der Waals surface area contributed by atoms with E-state index < -0.39 is 11.4 Å². The molecule has 1 aromatic heterocycles. The average molecular weight is 266 g/mol. The quantitative estimate of drug-likeness (QED) is 0.861. The van der Waals surface area contributed by atoms with Gasteiger partial charge in [-0.2, -0.15) is 0 Å². The van der Waals surface area contributed by atoms with E-state index in [2.05, 4.69) is 16.0 Å². The molecule has 1 N–H and O–H groups in total. The first-order valence-corrected chi connectivity index (χ1v) is 6.76. The third-order valence-corrected chi connectivity index (χ3v) is 4.80. The number of aromatic nitrogens is 2. The highest BCUT2D eigenvalue weighted by molar-refractivity contribution is 5.79. The van der Waals surface area contributed by atoms with Gasteiger partial charge in [0.1, 0.15) is 0 Å². The molecule has 0 amide bonds. The third kappa shape index (κ3) is 1.24. The van der Waals surface area contributed by atoms with Crippen LogP contribution in [0.15, 0.2) is 36.7 Å². The second-order valence-electron chi connectivity index (χ2n) is 5.87. The molecule has 5 rings (SSSR count). The molecule has 100 valence electrons. The average Bonchev–Trinajstić information content (AvgIpc) is 2.47. The topological polar surface area (TPSA) is 63.1 Å². The minimum absolute atomic E-state index is 0.0426. The van der Waals surface area contributed by atoms with Crippen LogP contribution in [-0.4, -0.2) is 21.0 Å².